The number of halogens is 1. The van der Waals surface area contributed by atoms with E-state index in [1.165, 1.54) is 5.56 Å². The minimum atomic E-state index is -0.317. The fourth-order valence-electron chi connectivity index (χ4n) is 4.20. The third-order valence-electron chi connectivity index (χ3n) is 6.18. The van der Waals surface area contributed by atoms with Crippen molar-refractivity contribution in [1.82, 2.24) is 4.90 Å². The molecular formula is C28H30ClN3O3. The molecule has 3 aromatic rings. The van der Waals surface area contributed by atoms with Crippen LogP contribution >= 0.6 is 11.6 Å². The van der Waals surface area contributed by atoms with Gasteiger partial charge in [-0.25, -0.2) is 4.79 Å². The summed E-state index contributed by atoms with van der Waals surface area (Å²) in [7, 11) is 1.57. The van der Waals surface area contributed by atoms with E-state index in [1.54, 1.807) is 54.5 Å². The molecule has 0 spiro atoms. The van der Waals surface area contributed by atoms with Crippen molar-refractivity contribution in [3.63, 3.8) is 0 Å². The van der Waals surface area contributed by atoms with Gasteiger partial charge in [0.05, 0.1) is 23.4 Å². The third kappa shape index (κ3) is 5.60. The second-order valence-corrected chi connectivity index (χ2v) is 9.33. The number of anilines is 2. The first-order chi connectivity index (χ1) is 16.9. The normalized spacial score (nSPS) is 13.8. The maximum atomic E-state index is 13.5. The lowest BCUT2D eigenvalue weighted by molar-refractivity contribution is 0.102. The molecule has 7 heteroatoms. The number of urea groups is 1. The molecule has 3 aromatic carbocycles. The fourth-order valence-corrected chi connectivity index (χ4v) is 4.42. The summed E-state index contributed by atoms with van der Waals surface area (Å²) in [6.45, 7) is 6.13. The summed E-state index contributed by atoms with van der Waals surface area (Å²) in [6, 6.07) is 20.5. The highest BCUT2D eigenvalue weighted by Crippen LogP contribution is 2.34. The zero-order valence-corrected chi connectivity index (χ0v) is 21.0. The third-order valence-corrected chi connectivity index (χ3v) is 6.51. The molecule has 1 saturated heterocycles. The van der Waals surface area contributed by atoms with Crippen LogP contribution in [0.1, 0.15) is 47.7 Å². The molecular weight excluding hydrogens is 462 g/mol. The summed E-state index contributed by atoms with van der Waals surface area (Å²) in [5.74, 6) is 0.717. The van der Waals surface area contributed by atoms with Crippen LogP contribution in [0.4, 0.5) is 16.2 Å². The zero-order chi connectivity index (χ0) is 24.9. The summed E-state index contributed by atoms with van der Waals surface area (Å²) in [6.07, 6.45) is 0.829. The maximum Gasteiger partial charge on any atom is 0.324 e. The Balaban J connectivity index is 1.54. The van der Waals surface area contributed by atoms with Gasteiger partial charge in [-0.1, -0.05) is 61.8 Å². The maximum absolute atomic E-state index is 13.5. The van der Waals surface area contributed by atoms with Crippen molar-refractivity contribution in [3.8, 4) is 5.75 Å². The molecule has 1 fully saturated rings. The van der Waals surface area contributed by atoms with Gasteiger partial charge < -0.3 is 15.0 Å². The molecule has 1 heterocycles. The Bertz CT molecular complexity index is 1210. The van der Waals surface area contributed by atoms with Gasteiger partial charge in [0.15, 0.2) is 0 Å². The van der Waals surface area contributed by atoms with Gasteiger partial charge >= 0.3 is 6.03 Å². The predicted octanol–water partition coefficient (Wildman–Crippen LogP) is 6.56. The van der Waals surface area contributed by atoms with E-state index < -0.39 is 0 Å². The standard InChI is InChI=1S/C28H30ClN3O3/c1-19(2)21-11-9-20(10-12-21)18-31-15-6-16-32(28(31)34)25-17-22(13-14-26(25)35-3)30-27(33)23-7-4-5-8-24(23)29/h4-5,7-14,17,19H,6,15-16,18H2,1-3H3,(H,30,33). The average Bonchev–Trinajstić information content (AvgIpc) is 2.86. The van der Waals surface area contributed by atoms with Gasteiger partial charge in [-0.15, -0.1) is 0 Å². The van der Waals surface area contributed by atoms with E-state index in [-0.39, 0.29) is 11.9 Å². The van der Waals surface area contributed by atoms with Gasteiger partial charge in [-0.3, -0.25) is 9.69 Å². The van der Waals surface area contributed by atoms with E-state index in [9.17, 15) is 9.59 Å². The van der Waals surface area contributed by atoms with Crippen LogP contribution in [0.25, 0.3) is 0 Å². The molecule has 1 aliphatic rings. The minimum Gasteiger partial charge on any atom is -0.495 e. The van der Waals surface area contributed by atoms with E-state index in [0.717, 1.165) is 12.0 Å². The lowest BCUT2D eigenvalue weighted by Gasteiger charge is -2.36. The van der Waals surface area contributed by atoms with Crippen molar-refractivity contribution in [2.24, 2.45) is 0 Å². The number of benzene rings is 3. The van der Waals surface area contributed by atoms with Crippen molar-refractivity contribution >= 4 is 34.9 Å². The Morgan fingerprint density at radius 2 is 1.80 bits per heavy atom. The number of amides is 3. The van der Waals surface area contributed by atoms with Gasteiger partial charge in [0.1, 0.15) is 5.75 Å². The monoisotopic (exact) mass is 491 g/mol. The molecule has 0 bridgehead atoms. The van der Waals surface area contributed by atoms with Crippen LogP contribution in [0.2, 0.25) is 5.02 Å². The van der Waals surface area contributed by atoms with Crippen molar-refractivity contribution < 1.29 is 14.3 Å². The van der Waals surface area contributed by atoms with Crippen LogP contribution in [0, 0.1) is 0 Å². The summed E-state index contributed by atoms with van der Waals surface area (Å²) < 4.78 is 5.55. The van der Waals surface area contributed by atoms with Crippen molar-refractivity contribution in [2.75, 3.05) is 30.4 Å². The van der Waals surface area contributed by atoms with Gasteiger partial charge in [0.2, 0.25) is 0 Å². The number of hydrogen-bond acceptors (Lipinski definition) is 3. The van der Waals surface area contributed by atoms with E-state index in [4.69, 9.17) is 16.3 Å². The number of nitrogens with one attached hydrogen (secondary N) is 1. The number of carbonyl (C=O) groups excluding carboxylic acids is 2. The number of carbonyl (C=O) groups is 2. The number of rotatable bonds is 7. The molecule has 0 saturated carbocycles. The Hall–Kier alpha value is -3.51. The van der Waals surface area contributed by atoms with Crippen LogP contribution in [-0.2, 0) is 6.54 Å². The van der Waals surface area contributed by atoms with E-state index in [2.05, 4.69) is 43.4 Å². The average molecular weight is 492 g/mol. The largest absolute Gasteiger partial charge is 0.495 e. The molecule has 3 amide bonds. The fraction of sp³-hybridized carbons (Fsp3) is 0.286. The Labute approximate surface area is 211 Å². The van der Waals surface area contributed by atoms with E-state index >= 15 is 0 Å². The molecule has 1 N–H and O–H groups in total. The van der Waals surface area contributed by atoms with Crippen LogP contribution < -0.4 is 15.0 Å². The van der Waals surface area contributed by atoms with E-state index in [1.807, 2.05) is 4.90 Å². The van der Waals surface area contributed by atoms with Crippen molar-refractivity contribution in [2.45, 2.75) is 32.7 Å². The second kappa shape index (κ2) is 10.8. The van der Waals surface area contributed by atoms with Crippen LogP contribution in [0.5, 0.6) is 5.75 Å². The predicted molar refractivity (Wildman–Crippen MR) is 141 cm³/mol. The molecule has 0 aliphatic carbocycles. The first kappa shape index (κ1) is 24.6. The molecule has 0 aromatic heterocycles. The van der Waals surface area contributed by atoms with Crippen molar-refractivity contribution in [3.05, 3.63) is 88.4 Å². The molecule has 35 heavy (non-hydrogen) atoms. The quantitative estimate of drug-likeness (QED) is 0.407. The first-order valence-electron chi connectivity index (χ1n) is 11.8. The molecule has 1 aliphatic heterocycles. The molecule has 0 atom stereocenters. The highest BCUT2D eigenvalue weighted by atomic mass is 35.5. The highest BCUT2D eigenvalue weighted by molar-refractivity contribution is 6.34. The SMILES string of the molecule is COc1ccc(NC(=O)c2ccccc2Cl)cc1N1CCCN(Cc2ccc(C(C)C)cc2)C1=O. The first-order valence-corrected chi connectivity index (χ1v) is 12.1. The number of methoxy groups -OCH3 is 1. The molecule has 4 rings (SSSR count). The summed E-state index contributed by atoms with van der Waals surface area (Å²) >= 11 is 6.17. The Morgan fingerprint density at radius 1 is 1.06 bits per heavy atom. The van der Waals surface area contributed by atoms with E-state index in [0.29, 0.717) is 53.3 Å². The van der Waals surface area contributed by atoms with Crippen LogP contribution in [0.3, 0.4) is 0 Å². The Kier molecular flexibility index (Phi) is 7.61. The van der Waals surface area contributed by atoms with Gasteiger partial charge in [-0.2, -0.15) is 0 Å². The lowest BCUT2D eigenvalue weighted by atomic mass is 10.0. The van der Waals surface area contributed by atoms with Crippen LogP contribution in [0.15, 0.2) is 66.7 Å². The second-order valence-electron chi connectivity index (χ2n) is 8.93. The highest BCUT2D eigenvalue weighted by Gasteiger charge is 2.29. The summed E-state index contributed by atoms with van der Waals surface area (Å²) in [5.41, 5.74) is 3.93. The molecule has 0 unspecified atom stereocenters. The number of hydrogen-bond donors (Lipinski definition) is 1. The zero-order valence-electron chi connectivity index (χ0n) is 20.3. The summed E-state index contributed by atoms with van der Waals surface area (Å²) in [5, 5.41) is 3.26. The van der Waals surface area contributed by atoms with Gasteiger partial charge in [-0.05, 0) is 53.8 Å². The van der Waals surface area contributed by atoms with Gasteiger partial charge in [0.25, 0.3) is 5.91 Å². The molecule has 6 nitrogen and oxygen atoms in total. The molecule has 182 valence electrons. The van der Waals surface area contributed by atoms with Crippen LogP contribution in [-0.4, -0.2) is 37.0 Å². The summed E-state index contributed by atoms with van der Waals surface area (Å²) in [4.78, 5) is 29.8. The van der Waals surface area contributed by atoms with Crippen molar-refractivity contribution in [1.29, 1.82) is 0 Å². The smallest absolute Gasteiger partial charge is 0.324 e. The molecule has 0 radical (unpaired) electrons. The minimum absolute atomic E-state index is 0.0860. The Morgan fingerprint density at radius 3 is 2.49 bits per heavy atom. The van der Waals surface area contributed by atoms with Gasteiger partial charge in [0, 0.05) is 25.3 Å². The number of nitrogens with zero attached hydrogens (tertiary/aromatic N) is 2. The lowest BCUT2D eigenvalue weighted by Crippen LogP contribution is -2.49. The number of ether oxygens (including phenoxy) is 1. The topological polar surface area (TPSA) is 61.9 Å².